The molecule has 3 N–H and O–H groups in total. The van der Waals surface area contributed by atoms with Gasteiger partial charge in [-0.25, -0.2) is 9.97 Å². The van der Waals surface area contributed by atoms with E-state index in [9.17, 15) is 13.2 Å². The molecule has 0 unspecified atom stereocenters. The summed E-state index contributed by atoms with van der Waals surface area (Å²) in [6.07, 6.45) is -1.75. The third-order valence-electron chi connectivity index (χ3n) is 2.36. The zero-order valence-corrected chi connectivity index (χ0v) is 10.8. The van der Waals surface area contributed by atoms with Crippen LogP contribution in [0.25, 0.3) is 0 Å². The summed E-state index contributed by atoms with van der Waals surface area (Å²) in [4.78, 5) is 8.02. The molecule has 0 amide bonds. The molecule has 0 aliphatic heterocycles. The van der Waals surface area contributed by atoms with Crippen LogP contribution in [0, 0.1) is 5.41 Å². The third-order valence-corrected chi connectivity index (χ3v) is 3.30. The highest BCUT2D eigenvalue weighted by Gasteiger charge is 2.34. The van der Waals surface area contributed by atoms with Crippen molar-refractivity contribution in [3.63, 3.8) is 0 Å². The second-order valence-electron chi connectivity index (χ2n) is 3.77. The van der Waals surface area contributed by atoms with E-state index in [4.69, 9.17) is 11.1 Å². The molecule has 0 saturated carbocycles. The summed E-state index contributed by atoms with van der Waals surface area (Å²) in [5, 5.41) is 7.73. The Bertz CT molecular complexity index is 628. The van der Waals surface area contributed by atoms with Crippen LogP contribution in [0.15, 0.2) is 46.7 Å². The molecule has 0 aliphatic carbocycles. The van der Waals surface area contributed by atoms with E-state index in [1.54, 1.807) is 6.07 Å². The number of alkyl halides is 3. The molecule has 2 rings (SSSR count). The van der Waals surface area contributed by atoms with Crippen molar-refractivity contribution in [1.82, 2.24) is 9.97 Å². The number of benzene rings is 1. The van der Waals surface area contributed by atoms with Gasteiger partial charge < -0.3 is 5.73 Å². The minimum atomic E-state index is -4.57. The molecule has 4 nitrogen and oxygen atoms in total. The maximum atomic E-state index is 12.9. The first-order valence-corrected chi connectivity index (χ1v) is 6.19. The first-order valence-electron chi connectivity index (χ1n) is 5.37. The molecule has 104 valence electrons. The number of amidine groups is 1. The smallest absolute Gasteiger partial charge is 0.384 e. The highest BCUT2D eigenvalue weighted by atomic mass is 32.2. The van der Waals surface area contributed by atoms with Gasteiger partial charge in [-0.3, -0.25) is 5.41 Å². The average Bonchev–Trinajstić information content (AvgIpc) is 2.38. The van der Waals surface area contributed by atoms with Crippen molar-refractivity contribution >= 4 is 17.6 Å². The molecular formula is C12H9F3N4S. The number of aromatic nitrogens is 2. The maximum absolute atomic E-state index is 12.9. The standard InChI is InChI=1S/C12H9F3N4S/c13-12(14,15)9-5-7(1-2-8(9)11(16)17)20-10-3-4-18-6-19-10/h1-6H,(H3,16,17). The van der Waals surface area contributed by atoms with E-state index in [1.807, 2.05) is 0 Å². The fourth-order valence-electron chi connectivity index (χ4n) is 1.52. The lowest BCUT2D eigenvalue weighted by Gasteiger charge is -2.13. The lowest BCUT2D eigenvalue weighted by molar-refractivity contribution is -0.137. The molecule has 0 atom stereocenters. The fourth-order valence-corrected chi connectivity index (χ4v) is 2.30. The summed E-state index contributed by atoms with van der Waals surface area (Å²) in [6.45, 7) is 0. The van der Waals surface area contributed by atoms with Gasteiger partial charge in [-0.1, -0.05) is 11.8 Å². The first kappa shape index (κ1) is 14.3. The summed E-state index contributed by atoms with van der Waals surface area (Å²) in [7, 11) is 0. The number of nitrogens with zero attached hydrogens (tertiary/aromatic N) is 2. The van der Waals surface area contributed by atoms with Crippen LogP contribution in [-0.2, 0) is 6.18 Å². The van der Waals surface area contributed by atoms with Crippen molar-refractivity contribution < 1.29 is 13.2 Å². The number of hydrogen-bond donors (Lipinski definition) is 2. The molecule has 0 aliphatic rings. The number of nitrogens with one attached hydrogen (secondary N) is 1. The predicted molar refractivity (Wildman–Crippen MR) is 68.6 cm³/mol. The minimum absolute atomic E-state index is 0.329. The van der Waals surface area contributed by atoms with Gasteiger partial charge in [0.1, 0.15) is 17.2 Å². The van der Waals surface area contributed by atoms with E-state index in [0.29, 0.717) is 9.92 Å². The number of rotatable bonds is 3. The van der Waals surface area contributed by atoms with Gasteiger partial charge in [-0.05, 0) is 24.3 Å². The predicted octanol–water partition coefficient (Wildman–Crippen LogP) is 2.93. The molecule has 1 aromatic carbocycles. The Morgan fingerprint density at radius 3 is 2.55 bits per heavy atom. The number of halogens is 3. The highest BCUT2D eigenvalue weighted by Crippen LogP contribution is 2.36. The van der Waals surface area contributed by atoms with Crippen molar-refractivity contribution in [2.24, 2.45) is 5.73 Å². The zero-order chi connectivity index (χ0) is 14.8. The molecule has 1 aromatic heterocycles. The summed E-state index contributed by atoms with van der Waals surface area (Å²) in [5.41, 5.74) is 3.91. The van der Waals surface area contributed by atoms with Crippen molar-refractivity contribution in [3.8, 4) is 0 Å². The SMILES string of the molecule is N=C(N)c1ccc(Sc2ccncn2)cc1C(F)(F)F. The van der Waals surface area contributed by atoms with Crippen LogP contribution in [0.3, 0.4) is 0 Å². The lowest BCUT2D eigenvalue weighted by Crippen LogP contribution is -2.18. The normalized spacial score (nSPS) is 11.3. The van der Waals surface area contributed by atoms with Crippen LogP contribution in [0.2, 0.25) is 0 Å². The maximum Gasteiger partial charge on any atom is 0.417 e. The molecule has 1 heterocycles. The largest absolute Gasteiger partial charge is 0.417 e. The van der Waals surface area contributed by atoms with Gasteiger partial charge in [0.15, 0.2) is 0 Å². The summed E-state index contributed by atoms with van der Waals surface area (Å²) >= 11 is 1.08. The van der Waals surface area contributed by atoms with Crippen molar-refractivity contribution in [2.75, 3.05) is 0 Å². The molecule has 0 radical (unpaired) electrons. The summed E-state index contributed by atoms with van der Waals surface area (Å²) in [6, 6.07) is 5.22. The van der Waals surface area contributed by atoms with Crippen molar-refractivity contribution in [2.45, 2.75) is 16.1 Å². The molecule has 20 heavy (non-hydrogen) atoms. The van der Waals surface area contributed by atoms with Crippen LogP contribution in [-0.4, -0.2) is 15.8 Å². The summed E-state index contributed by atoms with van der Waals surface area (Å²) < 4.78 is 38.8. The Balaban J connectivity index is 2.40. The van der Waals surface area contributed by atoms with Crippen LogP contribution >= 0.6 is 11.8 Å². The van der Waals surface area contributed by atoms with Gasteiger partial charge in [-0.2, -0.15) is 13.2 Å². The van der Waals surface area contributed by atoms with Crippen LogP contribution in [0.1, 0.15) is 11.1 Å². The topological polar surface area (TPSA) is 75.7 Å². The zero-order valence-electron chi connectivity index (χ0n) is 9.98. The molecule has 8 heteroatoms. The number of nitrogen functional groups attached to an aromatic ring is 1. The lowest BCUT2D eigenvalue weighted by atomic mass is 10.1. The molecular weight excluding hydrogens is 289 g/mol. The van der Waals surface area contributed by atoms with Gasteiger partial charge in [0.2, 0.25) is 0 Å². The van der Waals surface area contributed by atoms with E-state index in [0.717, 1.165) is 17.8 Å². The average molecular weight is 298 g/mol. The minimum Gasteiger partial charge on any atom is -0.384 e. The third kappa shape index (κ3) is 3.27. The van der Waals surface area contributed by atoms with Gasteiger partial charge in [0, 0.05) is 16.7 Å². The number of hydrogen-bond acceptors (Lipinski definition) is 4. The quantitative estimate of drug-likeness (QED) is 0.519. The Hall–Kier alpha value is -2.09. The second-order valence-corrected chi connectivity index (χ2v) is 4.86. The van der Waals surface area contributed by atoms with E-state index in [1.165, 1.54) is 24.7 Å². The first-order chi connectivity index (χ1) is 9.38. The van der Waals surface area contributed by atoms with Crippen molar-refractivity contribution in [1.29, 1.82) is 5.41 Å². The molecule has 2 aromatic rings. The highest BCUT2D eigenvalue weighted by molar-refractivity contribution is 7.99. The Morgan fingerprint density at radius 1 is 1.25 bits per heavy atom. The van der Waals surface area contributed by atoms with Crippen LogP contribution < -0.4 is 5.73 Å². The molecule has 0 spiro atoms. The summed E-state index contributed by atoms with van der Waals surface area (Å²) in [5.74, 6) is -0.615. The van der Waals surface area contributed by atoms with E-state index >= 15 is 0 Å². The van der Waals surface area contributed by atoms with E-state index in [2.05, 4.69) is 9.97 Å². The second kappa shape index (κ2) is 5.49. The Morgan fingerprint density at radius 2 is 2.00 bits per heavy atom. The fraction of sp³-hybridized carbons (Fsp3) is 0.0833. The Kier molecular flexibility index (Phi) is 3.93. The van der Waals surface area contributed by atoms with Gasteiger partial charge in [-0.15, -0.1) is 0 Å². The van der Waals surface area contributed by atoms with Crippen molar-refractivity contribution in [3.05, 3.63) is 47.9 Å². The molecule has 0 bridgehead atoms. The van der Waals surface area contributed by atoms with Gasteiger partial charge in [0.05, 0.1) is 5.56 Å². The van der Waals surface area contributed by atoms with Gasteiger partial charge in [0.25, 0.3) is 0 Å². The molecule has 0 saturated heterocycles. The van der Waals surface area contributed by atoms with E-state index < -0.39 is 17.6 Å². The van der Waals surface area contributed by atoms with E-state index in [-0.39, 0.29) is 5.56 Å². The monoisotopic (exact) mass is 298 g/mol. The van der Waals surface area contributed by atoms with Crippen LogP contribution in [0.5, 0.6) is 0 Å². The van der Waals surface area contributed by atoms with Crippen LogP contribution in [0.4, 0.5) is 13.2 Å². The number of nitrogens with two attached hydrogens (primary N) is 1. The Labute approximate surface area is 116 Å². The van der Waals surface area contributed by atoms with Gasteiger partial charge >= 0.3 is 6.18 Å². The molecule has 0 fully saturated rings.